The molecule has 5 nitrogen and oxygen atoms in total. The van der Waals surface area contributed by atoms with Gasteiger partial charge in [-0.25, -0.2) is 0 Å². The zero-order valence-electron chi connectivity index (χ0n) is 16.6. The van der Waals surface area contributed by atoms with Gasteiger partial charge in [-0.2, -0.15) is 0 Å². The lowest BCUT2D eigenvalue weighted by Crippen LogP contribution is -2.40. The molecule has 1 atom stereocenters. The molecule has 2 aromatic rings. The summed E-state index contributed by atoms with van der Waals surface area (Å²) in [6.45, 7) is 2.73. The first-order valence-corrected chi connectivity index (χ1v) is 10.1. The van der Waals surface area contributed by atoms with Gasteiger partial charge >= 0.3 is 0 Å². The van der Waals surface area contributed by atoms with E-state index in [1.54, 1.807) is 7.11 Å². The summed E-state index contributed by atoms with van der Waals surface area (Å²) in [5, 5.41) is 3.06. The number of ether oxygens (including phenoxy) is 2. The van der Waals surface area contributed by atoms with Crippen molar-refractivity contribution in [1.29, 1.82) is 0 Å². The molecule has 1 unspecified atom stereocenters. The van der Waals surface area contributed by atoms with Crippen LogP contribution in [0.4, 0.5) is 0 Å². The highest BCUT2D eigenvalue weighted by molar-refractivity contribution is 5.77. The number of carbonyl (C=O) groups is 1. The van der Waals surface area contributed by atoms with Crippen LogP contribution in [0.2, 0.25) is 0 Å². The molecule has 1 N–H and O–H groups in total. The quantitative estimate of drug-likeness (QED) is 0.754. The Morgan fingerprint density at radius 2 is 1.64 bits per heavy atom. The van der Waals surface area contributed by atoms with Gasteiger partial charge in [-0.15, -0.1) is 0 Å². The second kappa shape index (κ2) is 10.7. The summed E-state index contributed by atoms with van der Waals surface area (Å²) in [7, 11) is 1.67. The monoisotopic (exact) mass is 382 g/mol. The van der Waals surface area contributed by atoms with Crippen LogP contribution in [0.25, 0.3) is 0 Å². The maximum atomic E-state index is 12.3. The third kappa shape index (κ3) is 5.99. The van der Waals surface area contributed by atoms with E-state index in [-0.39, 0.29) is 18.6 Å². The molecule has 1 amide bonds. The minimum Gasteiger partial charge on any atom is -0.497 e. The van der Waals surface area contributed by atoms with E-state index >= 15 is 0 Å². The standard InChI is InChI=1S/C23H30N2O3/c1-27-20-13-11-19(12-14-20)22(25-15-7-2-3-8-16-25)17-24-23(26)18-28-21-9-5-4-6-10-21/h4-6,9-14,22H,2-3,7-8,15-18H2,1H3,(H,24,26). The molecule has 1 aliphatic heterocycles. The number of para-hydroxylation sites is 1. The van der Waals surface area contributed by atoms with Crippen LogP contribution in [0.5, 0.6) is 11.5 Å². The number of rotatable bonds is 8. The summed E-state index contributed by atoms with van der Waals surface area (Å²) >= 11 is 0. The van der Waals surface area contributed by atoms with E-state index in [2.05, 4.69) is 22.3 Å². The highest BCUT2D eigenvalue weighted by Crippen LogP contribution is 2.25. The number of nitrogens with one attached hydrogen (secondary N) is 1. The first kappa shape index (κ1) is 20.2. The Morgan fingerprint density at radius 3 is 2.29 bits per heavy atom. The third-order valence-corrected chi connectivity index (χ3v) is 5.19. The van der Waals surface area contributed by atoms with E-state index in [1.807, 2.05) is 42.5 Å². The van der Waals surface area contributed by atoms with Gasteiger partial charge in [0.1, 0.15) is 11.5 Å². The zero-order chi connectivity index (χ0) is 19.6. The summed E-state index contributed by atoms with van der Waals surface area (Å²) in [6.07, 6.45) is 4.97. The van der Waals surface area contributed by atoms with Crippen molar-refractivity contribution in [2.75, 3.05) is 33.4 Å². The summed E-state index contributed by atoms with van der Waals surface area (Å²) in [4.78, 5) is 14.8. The molecule has 0 spiro atoms. The molecule has 1 fully saturated rings. The fourth-order valence-electron chi connectivity index (χ4n) is 3.62. The topological polar surface area (TPSA) is 50.8 Å². The first-order valence-electron chi connectivity index (χ1n) is 10.1. The van der Waals surface area contributed by atoms with Gasteiger partial charge < -0.3 is 14.8 Å². The fraction of sp³-hybridized carbons (Fsp3) is 0.435. The lowest BCUT2D eigenvalue weighted by atomic mass is 10.0. The minimum absolute atomic E-state index is 0.0271. The summed E-state index contributed by atoms with van der Waals surface area (Å²) in [5.74, 6) is 1.45. The van der Waals surface area contributed by atoms with Gasteiger partial charge in [0.2, 0.25) is 0 Å². The molecule has 28 heavy (non-hydrogen) atoms. The molecule has 0 bridgehead atoms. The molecule has 1 saturated heterocycles. The van der Waals surface area contributed by atoms with Crippen LogP contribution in [0.15, 0.2) is 54.6 Å². The van der Waals surface area contributed by atoms with Gasteiger partial charge in [0, 0.05) is 6.54 Å². The molecular formula is C23H30N2O3. The van der Waals surface area contributed by atoms with Crippen molar-refractivity contribution in [3.63, 3.8) is 0 Å². The van der Waals surface area contributed by atoms with Crippen LogP contribution in [0.1, 0.15) is 37.3 Å². The predicted molar refractivity (Wildman–Crippen MR) is 111 cm³/mol. The van der Waals surface area contributed by atoms with Crippen molar-refractivity contribution < 1.29 is 14.3 Å². The fourth-order valence-corrected chi connectivity index (χ4v) is 3.62. The molecule has 5 heteroatoms. The average molecular weight is 383 g/mol. The number of hydrogen-bond donors (Lipinski definition) is 1. The maximum Gasteiger partial charge on any atom is 0.258 e. The van der Waals surface area contributed by atoms with Gasteiger partial charge in [-0.3, -0.25) is 9.69 Å². The van der Waals surface area contributed by atoms with Gasteiger partial charge in [-0.05, 0) is 55.8 Å². The molecule has 0 aliphatic carbocycles. The van der Waals surface area contributed by atoms with Crippen molar-refractivity contribution in [3.8, 4) is 11.5 Å². The Labute approximate surface area is 167 Å². The zero-order valence-corrected chi connectivity index (χ0v) is 16.6. The molecule has 0 aromatic heterocycles. The Morgan fingerprint density at radius 1 is 0.964 bits per heavy atom. The van der Waals surface area contributed by atoms with E-state index in [4.69, 9.17) is 9.47 Å². The van der Waals surface area contributed by atoms with Crippen molar-refractivity contribution in [1.82, 2.24) is 10.2 Å². The maximum absolute atomic E-state index is 12.3. The van der Waals surface area contributed by atoms with Gasteiger partial charge in [-0.1, -0.05) is 43.2 Å². The van der Waals surface area contributed by atoms with Crippen LogP contribution < -0.4 is 14.8 Å². The largest absolute Gasteiger partial charge is 0.497 e. The number of methoxy groups -OCH3 is 1. The van der Waals surface area contributed by atoms with E-state index in [0.29, 0.717) is 12.3 Å². The lowest BCUT2D eigenvalue weighted by Gasteiger charge is -2.31. The van der Waals surface area contributed by atoms with Crippen LogP contribution in [-0.2, 0) is 4.79 Å². The molecule has 3 rings (SSSR count). The molecule has 0 saturated carbocycles. The summed E-state index contributed by atoms with van der Waals surface area (Å²) in [5.41, 5.74) is 1.20. The van der Waals surface area contributed by atoms with Crippen molar-refractivity contribution in [3.05, 3.63) is 60.2 Å². The third-order valence-electron chi connectivity index (χ3n) is 5.19. The molecule has 2 aromatic carbocycles. The minimum atomic E-state index is -0.0998. The average Bonchev–Trinajstić information content (AvgIpc) is 3.03. The number of amides is 1. The Kier molecular flexibility index (Phi) is 7.73. The number of hydrogen-bond acceptors (Lipinski definition) is 4. The Hall–Kier alpha value is -2.53. The second-order valence-electron chi connectivity index (χ2n) is 7.14. The van der Waals surface area contributed by atoms with E-state index in [0.717, 1.165) is 18.8 Å². The number of likely N-dealkylation sites (tertiary alicyclic amines) is 1. The van der Waals surface area contributed by atoms with Crippen LogP contribution >= 0.6 is 0 Å². The van der Waals surface area contributed by atoms with E-state index in [1.165, 1.54) is 31.2 Å². The van der Waals surface area contributed by atoms with Crippen molar-refractivity contribution in [2.24, 2.45) is 0 Å². The Balaban J connectivity index is 1.61. The SMILES string of the molecule is COc1ccc(C(CNC(=O)COc2ccccc2)N2CCCCCC2)cc1. The smallest absolute Gasteiger partial charge is 0.258 e. The van der Waals surface area contributed by atoms with Gasteiger partial charge in [0.15, 0.2) is 6.61 Å². The van der Waals surface area contributed by atoms with Crippen LogP contribution in [-0.4, -0.2) is 44.2 Å². The first-order chi connectivity index (χ1) is 13.8. The molecule has 1 aliphatic rings. The summed E-state index contributed by atoms with van der Waals surface area (Å²) < 4.78 is 10.8. The Bertz CT molecular complexity index is 710. The molecule has 150 valence electrons. The molecular weight excluding hydrogens is 352 g/mol. The predicted octanol–water partition coefficient (Wildman–Crippen LogP) is 3.81. The molecule has 0 radical (unpaired) electrons. The van der Waals surface area contributed by atoms with Crippen LogP contribution in [0, 0.1) is 0 Å². The lowest BCUT2D eigenvalue weighted by molar-refractivity contribution is -0.123. The van der Waals surface area contributed by atoms with E-state index in [9.17, 15) is 4.79 Å². The van der Waals surface area contributed by atoms with Crippen LogP contribution in [0.3, 0.4) is 0 Å². The van der Waals surface area contributed by atoms with Crippen molar-refractivity contribution in [2.45, 2.75) is 31.7 Å². The molecule has 1 heterocycles. The second-order valence-corrected chi connectivity index (χ2v) is 7.14. The van der Waals surface area contributed by atoms with Gasteiger partial charge in [0.25, 0.3) is 5.91 Å². The van der Waals surface area contributed by atoms with Gasteiger partial charge in [0.05, 0.1) is 13.2 Å². The number of benzene rings is 2. The number of nitrogens with zero attached hydrogens (tertiary/aromatic N) is 1. The van der Waals surface area contributed by atoms with Crippen molar-refractivity contribution >= 4 is 5.91 Å². The summed E-state index contributed by atoms with van der Waals surface area (Å²) in [6, 6.07) is 17.7. The highest BCUT2D eigenvalue weighted by Gasteiger charge is 2.22. The van der Waals surface area contributed by atoms with E-state index < -0.39 is 0 Å². The normalized spacial score (nSPS) is 16.0. The number of carbonyl (C=O) groups excluding carboxylic acids is 1. The highest BCUT2D eigenvalue weighted by atomic mass is 16.5.